The fraction of sp³-hybridized carbons (Fsp3) is 0.350. The third kappa shape index (κ3) is 3.75. The van der Waals surface area contributed by atoms with Crippen LogP contribution in [-0.2, 0) is 11.2 Å². The van der Waals surface area contributed by atoms with Crippen LogP contribution >= 0.6 is 0 Å². The van der Waals surface area contributed by atoms with E-state index in [1.54, 1.807) is 19.2 Å². The number of aryl methyl sites for hydroxylation is 1. The lowest BCUT2D eigenvalue weighted by Gasteiger charge is -2.25. The van der Waals surface area contributed by atoms with Crippen LogP contribution in [-0.4, -0.2) is 24.5 Å². The lowest BCUT2D eigenvalue weighted by atomic mass is 10.0. The average Bonchev–Trinajstić information content (AvgIpc) is 3.10. The van der Waals surface area contributed by atoms with E-state index in [-0.39, 0.29) is 17.8 Å². The first-order valence-electron chi connectivity index (χ1n) is 8.35. The molecule has 0 saturated carbocycles. The first-order valence-corrected chi connectivity index (χ1v) is 8.35. The van der Waals surface area contributed by atoms with Gasteiger partial charge in [-0.3, -0.25) is 4.79 Å². The minimum Gasteiger partial charge on any atom is -0.497 e. The van der Waals surface area contributed by atoms with Crippen LogP contribution in [0.4, 0.5) is 4.39 Å². The summed E-state index contributed by atoms with van der Waals surface area (Å²) in [5, 5.41) is 0. The second-order valence-corrected chi connectivity index (χ2v) is 6.15. The zero-order valence-corrected chi connectivity index (χ0v) is 13.9. The molecule has 3 nitrogen and oxygen atoms in total. The number of rotatable bonds is 5. The zero-order valence-electron chi connectivity index (χ0n) is 13.9. The molecule has 2 aromatic carbocycles. The van der Waals surface area contributed by atoms with E-state index in [0.29, 0.717) is 12.8 Å². The fourth-order valence-corrected chi connectivity index (χ4v) is 3.31. The third-order valence-electron chi connectivity index (χ3n) is 4.59. The molecule has 1 heterocycles. The van der Waals surface area contributed by atoms with Gasteiger partial charge in [0.15, 0.2) is 0 Å². The monoisotopic (exact) mass is 327 g/mol. The maximum Gasteiger partial charge on any atom is 0.223 e. The molecule has 1 saturated heterocycles. The van der Waals surface area contributed by atoms with Crippen molar-refractivity contribution in [2.75, 3.05) is 13.7 Å². The van der Waals surface area contributed by atoms with Crippen LogP contribution in [0.15, 0.2) is 48.5 Å². The molecule has 0 aromatic heterocycles. The van der Waals surface area contributed by atoms with Crippen molar-refractivity contribution in [3.63, 3.8) is 0 Å². The van der Waals surface area contributed by atoms with E-state index in [0.717, 1.165) is 36.3 Å². The van der Waals surface area contributed by atoms with Crippen LogP contribution in [0.3, 0.4) is 0 Å². The summed E-state index contributed by atoms with van der Waals surface area (Å²) in [6, 6.07) is 14.4. The van der Waals surface area contributed by atoms with Gasteiger partial charge in [0.1, 0.15) is 11.6 Å². The topological polar surface area (TPSA) is 29.5 Å². The Morgan fingerprint density at radius 1 is 1.25 bits per heavy atom. The van der Waals surface area contributed by atoms with E-state index < -0.39 is 0 Å². The second kappa shape index (κ2) is 7.47. The molecule has 1 atom stereocenters. The molecule has 1 amide bonds. The van der Waals surface area contributed by atoms with Gasteiger partial charge in [-0.15, -0.1) is 0 Å². The van der Waals surface area contributed by atoms with E-state index >= 15 is 0 Å². The zero-order chi connectivity index (χ0) is 16.9. The van der Waals surface area contributed by atoms with Crippen molar-refractivity contribution in [1.29, 1.82) is 0 Å². The number of hydrogen-bond donors (Lipinski definition) is 0. The molecule has 1 fully saturated rings. The number of likely N-dealkylation sites (tertiary alicyclic amines) is 1. The standard InChI is InChI=1S/C20H22FNO2/c1-24-18-10-7-15(8-11-18)9-12-20(23)22-13-3-6-19(22)16-4-2-5-17(21)14-16/h2,4-5,7-8,10-11,14,19H,3,6,9,12-13H2,1H3/t19-/m0/s1. The molecular formula is C20H22FNO2. The number of nitrogens with zero attached hydrogens (tertiary/aromatic N) is 1. The van der Waals surface area contributed by atoms with Crippen molar-refractivity contribution in [3.05, 3.63) is 65.5 Å². The Balaban J connectivity index is 1.63. The van der Waals surface area contributed by atoms with Gasteiger partial charge in [0, 0.05) is 13.0 Å². The van der Waals surface area contributed by atoms with E-state index in [1.165, 1.54) is 6.07 Å². The van der Waals surface area contributed by atoms with Crippen molar-refractivity contribution in [3.8, 4) is 5.75 Å². The van der Waals surface area contributed by atoms with Gasteiger partial charge in [-0.25, -0.2) is 4.39 Å². The first kappa shape index (κ1) is 16.5. The number of carbonyl (C=O) groups excluding carboxylic acids is 1. The molecule has 0 aliphatic carbocycles. The summed E-state index contributed by atoms with van der Waals surface area (Å²) in [5.41, 5.74) is 2.01. The van der Waals surface area contributed by atoms with E-state index in [2.05, 4.69) is 0 Å². The summed E-state index contributed by atoms with van der Waals surface area (Å²) in [5.74, 6) is 0.707. The highest BCUT2D eigenvalue weighted by Crippen LogP contribution is 2.32. The van der Waals surface area contributed by atoms with Crippen molar-refractivity contribution < 1.29 is 13.9 Å². The van der Waals surface area contributed by atoms with Crippen LogP contribution in [0.25, 0.3) is 0 Å². The summed E-state index contributed by atoms with van der Waals surface area (Å²) in [4.78, 5) is 14.5. The molecule has 2 aromatic rings. The molecule has 0 unspecified atom stereocenters. The molecule has 0 spiro atoms. The molecule has 0 bridgehead atoms. The van der Waals surface area contributed by atoms with Crippen LogP contribution in [0.2, 0.25) is 0 Å². The Kier molecular flexibility index (Phi) is 5.14. The number of benzene rings is 2. The predicted molar refractivity (Wildman–Crippen MR) is 91.4 cm³/mol. The minimum atomic E-state index is -0.245. The van der Waals surface area contributed by atoms with Gasteiger partial charge in [-0.1, -0.05) is 24.3 Å². The maximum atomic E-state index is 13.5. The van der Waals surface area contributed by atoms with Gasteiger partial charge in [-0.2, -0.15) is 0 Å². The summed E-state index contributed by atoms with van der Waals surface area (Å²) in [7, 11) is 1.64. The lowest BCUT2D eigenvalue weighted by Crippen LogP contribution is -2.30. The van der Waals surface area contributed by atoms with Gasteiger partial charge >= 0.3 is 0 Å². The van der Waals surface area contributed by atoms with Gasteiger partial charge in [0.05, 0.1) is 13.2 Å². The number of ether oxygens (including phenoxy) is 1. The summed E-state index contributed by atoms with van der Waals surface area (Å²) >= 11 is 0. The highest BCUT2D eigenvalue weighted by Gasteiger charge is 2.29. The Morgan fingerprint density at radius 3 is 2.75 bits per heavy atom. The molecule has 126 valence electrons. The Morgan fingerprint density at radius 2 is 2.04 bits per heavy atom. The van der Waals surface area contributed by atoms with Gasteiger partial charge in [0.2, 0.25) is 5.91 Å². The van der Waals surface area contributed by atoms with Gasteiger partial charge in [-0.05, 0) is 54.7 Å². The van der Waals surface area contributed by atoms with E-state index in [4.69, 9.17) is 4.74 Å². The molecule has 1 aliphatic rings. The maximum absolute atomic E-state index is 13.5. The number of carbonyl (C=O) groups is 1. The summed E-state index contributed by atoms with van der Waals surface area (Å²) < 4.78 is 18.6. The second-order valence-electron chi connectivity index (χ2n) is 6.15. The lowest BCUT2D eigenvalue weighted by molar-refractivity contribution is -0.132. The normalized spacial score (nSPS) is 17.1. The molecule has 0 radical (unpaired) electrons. The minimum absolute atomic E-state index is 0.00377. The number of halogens is 1. The summed E-state index contributed by atoms with van der Waals surface area (Å²) in [6.07, 6.45) is 3.04. The van der Waals surface area contributed by atoms with Crippen molar-refractivity contribution >= 4 is 5.91 Å². The van der Waals surface area contributed by atoms with Gasteiger partial charge < -0.3 is 9.64 Å². The Bertz CT molecular complexity index is 699. The highest BCUT2D eigenvalue weighted by atomic mass is 19.1. The largest absolute Gasteiger partial charge is 0.497 e. The molecular weight excluding hydrogens is 305 g/mol. The number of amides is 1. The molecule has 24 heavy (non-hydrogen) atoms. The van der Waals surface area contributed by atoms with E-state index in [9.17, 15) is 9.18 Å². The smallest absolute Gasteiger partial charge is 0.223 e. The molecule has 3 rings (SSSR count). The third-order valence-corrected chi connectivity index (χ3v) is 4.59. The Hall–Kier alpha value is -2.36. The van der Waals surface area contributed by atoms with Crippen LogP contribution in [0.1, 0.15) is 36.4 Å². The van der Waals surface area contributed by atoms with Gasteiger partial charge in [0.25, 0.3) is 0 Å². The SMILES string of the molecule is COc1ccc(CCC(=O)N2CCC[C@H]2c2cccc(F)c2)cc1. The fourth-order valence-electron chi connectivity index (χ4n) is 3.31. The molecule has 4 heteroatoms. The van der Waals surface area contributed by atoms with Crippen LogP contribution < -0.4 is 4.74 Å². The van der Waals surface area contributed by atoms with Crippen LogP contribution in [0.5, 0.6) is 5.75 Å². The first-order chi connectivity index (χ1) is 11.7. The van der Waals surface area contributed by atoms with Crippen molar-refractivity contribution in [2.24, 2.45) is 0 Å². The summed E-state index contributed by atoms with van der Waals surface area (Å²) in [6.45, 7) is 0.753. The van der Waals surface area contributed by atoms with Crippen molar-refractivity contribution in [2.45, 2.75) is 31.7 Å². The number of hydrogen-bond acceptors (Lipinski definition) is 2. The number of methoxy groups -OCH3 is 1. The quantitative estimate of drug-likeness (QED) is 0.826. The highest BCUT2D eigenvalue weighted by molar-refractivity contribution is 5.77. The average molecular weight is 327 g/mol. The molecule has 1 aliphatic heterocycles. The Labute approximate surface area is 142 Å². The van der Waals surface area contributed by atoms with E-state index in [1.807, 2.05) is 35.2 Å². The van der Waals surface area contributed by atoms with Crippen molar-refractivity contribution in [1.82, 2.24) is 4.90 Å². The predicted octanol–water partition coefficient (Wildman–Crippen LogP) is 4.13. The molecule has 0 N–H and O–H groups in total. The van der Waals surface area contributed by atoms with Crippen LogP contribution in [0, 0.1) is 5.82 Å².